The van der Waals surface area contributed by atoms with Gasteiger partial charge in [0.1, 0.15) is 6.61 Å². The van der Waals surface area contributed by atoms with Crippen LogP contribution in [0.4, 0.5) is 8.78 Å². The third-order valence-electron chi connectivity index (χ3n) is 2.21. The van der Waals surface area contributed by atoms with Crippen LogP contribution in [0, 0.1) is 5.41 Å². The number of ether oxygens (including phenoxy) is 1. The molecule has 0 aromatic rings. The first-order chi connectivity index (χ1) is 6.70. The molecular formula is C9H16F2N2O. The van der Waals surface area contributed by atoms with E-state index in [1.54, 1.807) is 0 Å². The Bertz CT molecular complexity index is 182. The number of nitrogens with zero attached hydrogens (tertiary/aromatic N) is 1. The normalized spacial score (nSPS) is 16.6. The summed E-state index contributed by atoms with van der Waals surface area (Å²) in [6.45, 7) is 1.55. The Morgan fingerprint density at radius 2 is 2.00 bits per heavy atom. The standard InChI is InChI=1S/C9H16F2N2O/c10-8(11)7-14-6-3-9(12)13-4-1-2-5-13/h8,12H,1-7H2. The second-order valence-corrected chi connectivity index (χ2v) is 3.36. The summed E-state index contributed by atoms with van der Waals surface area (Å²) in [5, 5.41) is 7.63. The molecule has 1 N–H and O–H groups in total. The van der Waals surface area contributed by atoms with Crippen molar-refractivity contribution in [2.45, 2.75) is 25.7 Å². The summed E-state index contributed by atoms with van der Waals surface area (Å²) in [6, 6.07) is 0. The molecule has 1 heterocycles. The highest BCUT2D eigenvalue weighted by molar-refractivity contribution is 5.79. The number of nitrogens with one attached hydrogen (secondary N) is 1. The fourth-order valence-electron chi connectivity index (χ4n) is 1.49. The SMILES string of the molecule is N=C(CCOCC(F)F)N1CCCC1. The lowest BCUT2D eigenvalue weighted by Crippen LogP contribution is -2.28. The van der Waals surface area contributed by atoms with Gasteiger partial charge in [0.2, 0.25) is 0 Å². The van der Waals surface area contributed by atoms with Crippen LogP contribution in [-0.2, 0) is 4.74 Å². The van der Waals surface area contributed by atoms with Gasteiger partial charge >= 0.3 is 0 Å². The summed E-state index contributed by atoms with van der Waals surface area (Å²) in [4.78, 5) is 1.98. The van der Waals surface area contributed by atoms with Crippen LogP contribution in [-0.4, -0.2) is 43.5 Å². The molecular weight excluding hydrogens is 190 g/mol. The molecule has 0 radical (unpaired) electrons. The lowest BCUT2D eigenvalue weighted by molar-refractivity contribution is 0.0196. The van der Waals surface area contributed by atoms with Crippen LogP contribution in [0.5, 0.6) is 0 Å². The summed E-state index contributed by atoms with van der Waals surface area (Å²) >= 11 is 0. The van der Waals surface area contributed by atoms with E-state index in [4.69, 9.17) is 10.1 Å². The lowest BCUT2D eigenvalue weighted by Gasteiger charge is -2.18. The third kappa shape index (κ3) is 4.00. The van der Waals surface area contributed by atoms with Gasteiger partial charge in [-0.3, -0.25) is 5.41 Å². The molecule has 1 fully saturated rings. The van der Waals surface area contributed by atoms with Gasteiger partial charge in [-0.1, -0.05) is 0 Å². The van der Waals surface area contributed by atoms with E-state index in [1.807, 2.05) is 4.90 Å². The maximum absolute atomic E-state index is 11.7. The molecule has 82 valence electrons. The Morgan fingerprint density at radius 3 is 2.57 bits per heavy atom. The predicted octanol–water partition coefficient (Wildman–Crippen LogP) is 1.73. The monoisotopic (exact) mass is 206 g/mol. The Labute approximate surface area is 82.5 Å². The highest BCUT2D eigenvalue weighted by atomic mass is 19.3. The van der Waals surface area contributed by atoms with Crippen molar-refractivity contribution in [1.82, 2.24) is 4.90 Å². The molecule has 0 atom stereocenters. The van der Waals surface area contributed by atoms with Crippen LogP contribution in [0.25, 0.3) is 0 Å². The van der Waals surface area contributed by atoms with Crippen molar-refractivity contribution >= 4 is 5.84 Å². The smallest absolute Gasteiger partial charge is 0.261 e. The van der Waals surface area contributed by atoms with Crippen LogP contribution in [0.3, 0.4) is 0 Å². The van der Waals surface area contributed by atoms with Crippen LogP contribution >= 0.6 is 0 Å². The number of amidine groups is 1. The Balaban J connectivity index is 2.03. The van der Waals surface area contributed by atoms with E-state index in [0.717, 1.165) is 25.9 Å². The number of rotatable bonds is 5. The minimum absolute atomic E-state index is 0.222. The molecule has 0 amide bonds. The molecule has 0 aliphatic carbocycles. The largest absolute Gasteiger partial charge is 0.375 e. The Hall–Kier alpha value is -0.710. The predicted molar refractivity (Wildman–Crippen MR) is 50.0 cm³/mol. The molecule has 0 bridgehead atoms. The molecule has 0 aromatic carbocycles. The number of alkyl halides is 2. The summed E-state index contributed by atoms with van der Waals surface area (Å²) in [7, 11) is 0. The zero-order valence-electron chi connectivity index (χ0n) is 8.14. The van der Waals surface area contributed by atoms with Gasteiger partial charge in [-0.15, -0.1) is 0 Å². The maximum Gasteiger partial charge on any atom is 0.261 e. The third-order valence-corrected chi connectivity index (χ3v) is 2.21. The van der Waals surface area contributed by atoms with E-state index in [-0.39, 0.29) is 6.61 Å². The highest BCUT2D eigenvalue weighted by Gasteiger charge is 2.14. The van der Waals surface area contributed by atoms with Gasteiger partial charge in [-0.2, -0.15) is 0 Å². The number of halogens is 2. The molecule has 5 heteroatoms. The first-order valence-corrected chi connectivity index (χ1v) is 4.88. The quantitative estimate of drug-likeness (QED) is 0.422. The second-order valence-electron chi connectivity index (χ2n) is 3.36. The molecule has 0 aromatic heterocycles. The molecule has 1 aliphatic heterocycles. The average Bonchev–Trinajstić information content (AvgIpc) is 2.64. The maximum atomic E-state index is 11.7. The van der Waals surface area contributed by atoms with E-state index in [0.29, 0.717) is 12.3 Å². The molecule has 1 rings (SSSR count). The molecule has 1 aliphatic rings. The number of hydrogen-bond acceptors (Lipinski definition) is 2. The van der Waals surface area contributed by atoms with Gasteiger partial charge in [-0.05, 0) is 12.8 Å². The van der Waals surface area contributed by atoms with E-state index in [9.17, 15) is 8.78 Å². The van der Waals surface area contributed by atoms with Crippen LogP contribution in [0.2, 0.25) is 0 Å². The van der Waals surface area contributed by atoms with Gasteiger partial charge in [-0.25, -0.2) is 8.78 Å². The van der Waals surface area contributed by atoms with E-state index < -0.39 is 13.0 Å². The highest BCUT2D eigenvalue weighted by Crippen LogP contribution is 2.09. The molecule has 0 unspecified atom stereocenters. The first kappa shape index (κ1) is 11.4. The minimum atomic E-state index is -2.41. The first-order valence-electron chi connectivity index (χ1n) is 4.88. The minimum Gasteiger partial charge on any atom is -0.375 e. The van der Waals surface area contributed by atoms with Crippen molar-refractivity contribution in [3.05, 3.63) is 0 Å². The van der Waals surface area contributed by atoms with Gasteiger partial charge in [0.15, 0.2) is 0 Å². The summed E-state index contributed by atoms with van der Waals surface area (Å²) in [5.41, 5.74) is 0. The zero-order chi connectivity index (χ0) is 10.4. The van der Waals surface area contributed by atoms with Crippen molar-refractivity contribution in [1.29, 1.82) is 5.41 Å². The van der Waals surface area contributed by atoms with Crippen LogP contribution < -0.4 is 0 Å². The average molecular weight is 206 g/mol. The van der Waals surface area contributed by atoms with E-state index in [1.165, 1.54) is 0 Å². The topological polar surface area (TPSA) is 36.3 Å². The molecule has 0 spiro atoms. The van der Waals surface area contributed by atoms with E-state index in [2.05, 4.69) is 0 Å². The van der Waals surface area contributed by atoms with Crippen molar-refractivity contribution in [3.63, 3.8) is 0 Å². The fraction of sp³-hybridized carbons (Fsp3) is 0.889. The number of likely N-dealkylation sites (tertiary alicyclic amines) is 1. The van der Waals surface area contributed by atoms with Crippen LogP contribution in [0.1, 0.15) is 19.3 Å². The number of hydrogen-bond donors (Lipinski definition) is 1. The Kier molecular flexibility index (Phi) is 4.79. The van der Waals surface area contributed by atoms with Gasteiger partial charge in [0, 0.05) is 19.5 Å². The van der Waals surface area contributed by atoms with Gasteiger partial charge < -0.3 is 9.64 Å². The molecule has 1 saturated heterocycles. The van der Waals surface area contributed by atoms with Crippen LogP contribution in [0.15, 0.2) is 0 Å². The summed E-state index contributed by atoms with van der Waals surface area (Å²) in [6.07, 6.45) is 0.281. The Morgan fingerprint density at radius 1 is 1.36 bits per heavy atom. The molecule has 3 nitrogen and oxygen atoms in total. The molecule has 0 saturated carbocycles. The fourth-order valence-corrected chi connectivity index (χ4v) is 1.49. The second kappa shape index (κ2) is 5.90. The lowest BCUT2D eigenvalue weighted by atomic mass is 10.4. The van der Waals surface area contributed by atoms with Crippen molar-refractivity contribution in [2.75, 3.05) is 26.3 Å². The summed E-state index contributed by atoms with van der Waals surface area (Å²) < 4.78 is 28.0. The van der Waals surface area contributed by atoms with Crippen molar-refractivity contribution in [2.24, 2.45) is 0 Å². The van der Waals surface area contributed by atoms with E-state index >= 15 is 0 Å². The van der Waals surface area contributed by atoms with Crippen molar-refractivity contribution < 1.29 is 13.5 Å². The zero-order valence-corrected chi connectivity index (χ0v) is 8.14. The summed E-state index contributed by atoms with van der Waals surface area (Å²) in [5.74, 6) is 0.511. The van der Waals surface area contributed by atoms with Gasteiger partial charge in [0.25, 0.3) is 6.43 Å². The molecule has 14 heavy (non-hydrogen) atoms. The van der Waals surface area contributed by atoms with Crippen molar-refractivity contribution in [3.8, 4) is 0 Å². The van der Waals surface area contributed by atoms with Gasteiger partial charge in [0.05, 0.1) is 12.4 Å².